The van der Waals surface area contributed by atoms with E-state index in [9.17, 15) is 0 Å². The fourth-order valence-corrected chi connectivity index (χ4v) is 2.28. The van der Waals surface area contributed by atoms with Crippen LogP contribution in [-0.4, -0.2) is 44.3 Å². The van der Waals surface area contributed by atoms with Crippen LogP contribution in [0.4, 0.5) is 0 Å². The predicted molar refractivity (Wildman–Crippen MR) is 70.5 cm³/mol. The molecule has 0 aromatic heterocycles. The molecule has 0 aromatic rings. The maximum Gasteiger partial charge on any atom is 0.173 e. The zero-order chi connectivity index (χ0) is 13.2. The lowest BCUT2D eigenvalue weighted by Crippen LogP contribution is -2.43. The molecule has 2 unspecified atom stereocenters. The van der Waals surface area contributed by atoms with E-state index in [1.807, 2.05) is 0 Å². The van der Waals surface area contributed by atoms with Gasteiger partial charge in [-0.25, -0.2) is 0 Å². The monoisotopic (exact) mass is 257 g/mol. The molecule has 4 nitrogen and oxygen atoms in total. The Morgan fingerprint density at radius 3 is 2.56 bits per heavy atom. The summed E-state index contributed by atoms with van der Waals surface area (Å²) in [6, 6.07) is 0.465. The van der Waals surface area contributed by atoms with Gasteiger partial charge in [0.15, 0.2) is 5.79 Å². The molecule has 1 spiro atoms. The molecule has 0 aromatic carbocycles. The molecule has 2 aliphatic heterocycles. The third kappa shape index (κ3) is 3.44. The van der Waals surface area contributed by atoms with Gasteiger partial charge in [0, 0.05) is 25.4 Å². The molecule has 4 heteroatoms. The highest BCUT2D eigenvalue weighted by Gasteiger charge is 2.42. The standard InChI is InChI=1S/C14H27NO3/c1-11(13(2,3)4)15-9-12-10-17-14(18-12)5-7-16-8-6-14/h11-12,15H,5-10H2,1-4H3. The third-order valence-corrected chi connectivity index (χ3v) is 4.12. The molecular weight excluding hydrogens is 230 g/mol. The summed E-state index contributed by atoms with van der Waals surface area (Å²) in [7, 11) is 0. The van der Waals surface area contributed by atoms with E-state index in [2.05, 4.69) is 33.0 Å². The van der Waals surface area contributed by atoms with Crippen molar-refractivity contribution in [3.05, 3.63) is 0 Å². The Morgan fingerprint density at radius 1 is 1.28 bits per heavy atom. The van der Waals surface area contributed by atoms with E-state index >= 15 is 0 Å². The molecule has 2 saturated heterocycles. The van der Waals surface area contributed by atoms with Crippen molar-refractivity contribution in [2.45, 2.75) is 58.5 Å². The van der Waals surface area contributed by atoms with Crippen LogP contribution >= 0.6 is 0 Å². The fraction of sp³-hybridized carbons (Fsp3) is 1.00. The summed E-state index contributed by atoms with van der Waals surface area (Å²) in [5, 5.41) is 3.55. The lowest BCUT2D eigenvalue weighted by Gasteiger charge is -2.32. The molecule has 2 fully saturated rings. The first-order valence-corrected chi connectivity index (χ1v) is 7.04. The smallest absolute Gasteiger partial charge is 0.173 e. The lowest BCUT2D eigenvalue weighted by atomic mass is 9.88. The van der Waals surface area contributed by atoms with Gasteiger partial charge >= 0.3 is 0 Å². The highest BCUT2D eigenvalue weighted by atomic mass is 16.7. The van der Waals surface area contributed by atoms with Crippen LogP contribution in [0, 0.1) is 5.41 Å². The topological polar surface area (TPSA) is 39.7 Å². The maximum absolute atomic E-state index is 6.09. The summed E-state index contributed by atoms with van der Waals surface area (Å²) < 4.78 is 17.3. The van der Waals surface area contributed by atoms with Crippen molar-refractivity contribution >= 4 is 0 Å². The van der Waals surface area contributed by atoms with E-state index in [1.54, 1.807) is 0 Å². The normalized spacial score (nSPS) is 29.7. The molecule has 2 aliphatic rings. The minimum atomic E-state index is -0.352. The number of ether oxygens (including phenoxy) is 3. The SMILES string of the molecule is CC(NCC1COC2(CCOCC2)O1)C(C)(C)C. The molecule has 0 saturated carbocycles. The van der Waals surface area contributed by atoms with Crippen molar-refractivity contribution in [1.29, 1.82) is 0 Å². The highest BCUT2D eigenvalue weighted by molar-refractivity contribution is 4.84. The Bertz CT molecular complexity index is 269. The third-order valence-electron chi connectivity index (χ3n) is 4.12. The van der Waals surface area contributed by atoms with Gasteiger partial charge in [-0.1, -0.05) is 20.8 Å². The average Bonchev–Trinajstić information content (AvgIpc) is 2.69. The molecule has 18 heavy (non-hydrogen) atoms. The molecule has 106 valence electrons. The van der Waals surface area contributed by atoms with Gasteiger partial charge in [0.25, 0.3) is 0 Å². The van der Waals surface area contributed by atoms with Gasteiger partial charge in [-0.15, -0.1) is 0 Å². The molecule has 2 atom stereocenters. The van der Waals surface area contributed by atoms with Gasteiger partial charge in [-0.05, 0) is 12.3 Å². The molecule has 0 radical (unpaired) electrons. The zero-order valence-electron chi connectivity index (χ0n) is 12.1. The second-order valence-corrected chi connectivity index (χ2v) is 6.57. The van der Waals surface area contributed by atoms with Crippen molar-refractivity contribution in [3.8, 4) is 0 Å². The Labute approximate surface area is 110 Å². The van der Waals surface area contributed by atoms with Crippen LogP contribution in [0.25, 0.3) is 0 Å². The van der Waals surface area contributed by atoms with Gasteiger partial charge in [-0.2, -0.15) is 0 Å². The minimum Gasteiger partial charge on any atom is -0.381 e. The molecule has 2 rings (SSSR count). The minimum absolute atomic E-state index is 0.174. The van der Waals surface area contributed by atoms with Crippen LogP contribution in [0.2, 0.25) is 0 Å². The summed E-state index contributed by atoms with van der Waals surface area (Å²) >= 11 is 0. The first-order valence-electron chi connectivity index (χ1n) is 7.04. The van der Waals surface area contributed by atoms with Crippen LogP contribution in [0.1, 0.15) is 40.5 Å². The van der Waals surface area contributed by atoms with E-state index < -0.39 is 0 Å². The fourth-order valence-electron chi connectivity index (χ4n) is 2.28. The van der Waals surface area contributed by atoms with E-state index in [1.165, 1.54) is 0 Å². The summed E-state index contributed by atoms with van der Waals surface area (Å²) in [4.78, 5) is 0. The Kier molecular flexibility index (Phi) is 4.32. The molecule has 0 amide bonds. The average molecular weight is 257 g/mol. The van der Waals surface area contributed by atoms with Crippen LogP contribution < -0.4 is 5.32 Å². The quantitative estimate of drug-likeness (QED) is 0.838. The predicted octanol–water partition coefficient (Wildman–Crippen LogP) is 1.93. The van der Waals surface area contributed by atoms with Crippen LogP contribution in [0.5, 0.6) is 0 Å². The molecule has 0 aliphatic carbocycles. The molecule has 0 bridgehead atoms. The van der Waals surface area contributed by atoms with Gasteiger partial charge in [0.05, 0.1) is 25.9 Å². The second kappa shape index (κ2) is 5.45. The molecule has 2 heterocycles. The lowest BCUT2D eigenvalue weighted by molar-refractivity contribution is -0.210. The second-order valence-electron chi connectivity index (χ2n) is 6.57. The number of rotatable bonds is 3. The number of nitrogens with one attached hydrogen (secondary N) is 1. The summed E-state index contributed by atoms with van der Waals surface area (Å²) in [6.45, 7) is 12.0. The van der Waals surface area contributed by atoms with Crippen LogP contribution in [0.3, 0.4) is 0 Å². The van der Waals surface area contributed by atoms with Gasteiger partial charge < -0.3 is 19.5 Å². The van der Waals surface area contributed by atoms with E-state index in [0.717, 1.165) is 32.6 Å². The number of hydrogen-bond donors (Lipinski definition) is 1. The van der Waals surface area contributed by atoms with Crippen molar-refractivity contribution < 1.29 is 14.2 Å². The van der Waals surface area contributed by atoms with Gasteiger partial charge in [0.1, 0.15) is 0 Å². The van der Waals surface area contributed by atoms with Crippen molar-refractivity contribution in [3.63, 3.8) is 0 Å². The Morgan fingerprint density at radius 2 is 1.94 bits per heavy atom. The van der Waals surface area contributed by atoms with Gasteiger partial charge in [0.2, 0.25) is 0 Å². The largest absolute Gasteiger partial charge is 0.381 e. The first-order chi connectivity index (χ1) is 8.41. The van der Waals surface area contributed by atoms with Gasteiger partial charge in [-0.3, -0.25) is 0 Å². The van der Waals surface area contributed by atoms with Crippen LogP contribution in [0.15, 0.2) is 0 Å². The molecule has 1 N–H and O–H groups in total. The Balaban J connectivity index is 1.76. The van der Waals surface area contributed by atoms with E-state index in [0.29, 0.717) is 12.6 Å². The molecular formula is C14H27NO3. The highest BCUT2D eigenvalue weighted by Crippen LogP contribution is 2.33. The summed E-state index contributed by atoms with van der Waals surface area (Å²) in [5.74, 6) is -0.352. The number of hydrogen-bond acceptors (Lipinski definition) is 4. The van der Waals surface area contributed by atoms with Crippen molar-refractivity contribution in [2.75, 3.05) is 26.4 Å². The zero-order valence-corrected chi connectivity index (χ0v) is 12.1. The first kappa shape index (κ1) is 14.3. The van der Waals surface area contributed by atoms with Crippen LogP contribution in [-0.2, 0) is 14.2 Å². The maximum atomic E-state index is 6.09. The van der Waals surface area contributed by atoms with E-state index in [4.69, 9.17) is 14.2 Å². The Hall–Kier alpha value is -0.160. The summed E-state index contributed by atoms with van der Waals surface area (Å²) in [5.41, 5.74) is 0.274. The van der Waals surface area contributed by atoms with Crippen molar-refractivity contribution in [2.24, 2.45) is 5.41 Å². The summed E-state index contributed by atoms with van der Waals surface area (Å²) in [6.07, 6.45) is 1.89. The van der Waals surface area contributed by atoms with Crippen molar-refractivity contribution in [1.82, 2.24) is 5.32 Å². The van der Waals surface area contributed by atoms with E-state index in [-0.39, 0.29) is 17.3 Å².